The zero-order chi connectivity index (χ0) is 9.40. The van der Waals surface area contributed by atoms with E-state index in [0.29, 0.717) is 6.54 Å². The van der Waals surface area contributed by atoms with Crippen LogP contribution in [0.1, 0.15) is 26.2 Å². The minimum atomic E-state index is -0.567. The third-order valence-electron chi connectivity index (χ3n) is 1.35. The summed E-state index contributed by atoms with van der Waals surface area (Å²) in [5, 5.41) is 12.7. The standard InChI is InChI=1S/C7H15N3O2/c1-2-3-4-5-9-7(8)6-10(11)12/h6,9H,2-5,8H2,1H3/b7-6+. The lowest BCUT2D eigenvalue weighted by molar-refractivity contribution is -0.403. The van der Waals surface area contributed by atoms with Gasteiger partial charge in [0.05, 0.1) is 4.92 Å². The van der Waals surface area contributed by atoms with E-state index in [1.54, 1.807) is 0 Å². The van der Waals surface area contributed by atoms with E-state index in [-0.39, 0.29) is 5.82 Å². The number of hydrogen-bond acceptors (Lipinski definition) is 4. The van der Waals surface area contributed by atoms with E-state index in [4.69, 9.17) is 5.73 Å². The number of nitrogens with zero attached hydrogens (tertiary/aromatic N) is 1. The summed E-state index contributed by atoms with van der Waals surface area (Å²) in [5.41, 5.74) is 5.27. The van der Waals surface area contributed by atoms with E-state index in [1.165, 1.54) is 0 Å². The van der Waals surface area contributed by atoms with Gasteiger partial charge in [0.2, 0.25) is 0 Å². The van der Waals surface area contributed by atoms with Crippen LogP contribution in [-0.4, -0.2) is 11.5 Å². The van der Waals surface area contributed by atoms with Gasteiger partial charge in [-0.25, -0.2) is 0 Å². The third kappa shape index (κ3) is 6.85. The Labute approximate surface area is 71.8 Å². The van der Waals surface area contributed by atoms with Crippen molar-refractivity contribution in [2.24, 2.45) is 5.73 Å². The third-order valence-corrected chi connectivity index (χ3v) is 1.35. The highest BCUT2D eigenvalue weighted by Crippen LogP contribution is 1.91. The Hall–Kier alpha value is -1.26. The molecule has 5 nitrogen and oxygen atoms in total. The average Bonchev–Trinajstić information content (AvgIpc) is 1.97. The van der Waals surface area contributed by atoms with Gasteiger partial charge in [-0.1, -0.05) is 19.8 Å². The molecule has 0 aromatic carbocycles. The quantitative estimate of drug-likeness (QED) is 0.353. The van der Waals surface area contributed by atoms with E-state index in [2.05, 4.69) is 12.2 Å². The summed E-state index contributed by atoms with van der Waals surface area (Å²) < 4.78 is 0. The highest BCUT2D eigenvalue weighted by Gasteiger charge is 1.94. The summed E-state index contributed by atoms with van der Waals surface area (Å²) in [6.07, 6.45) is 3.99. The predicted molar refractivity (Wildman–Crippen MR) is 46.8 cm³/mol. The maximum absolute atomic E-state index is 9.91. The first kappa shape index (κ1) is 10.7. The van der Waals surface area contributed by atoms with Crippen molar-refractivity contribution in [1.82, 2.24) is 5.32 Å². The van der Waals surface area contributed by atoms with Gasteiger partial charge in [-0.15, -0.1) is 0 Å². The second-order valence-corrected chi connectivity index (χ2v) is 2.50. The molecule has 12 heavy (non-hydrogen) atoms. The Morgan fingerprint density at radius 2 is 2.33 bits per heavy atom. The van der Waals surface area contributed by atoms with Crippen molar-refractivity contribution >= 4 is 0 Å². The molecule has 0 atom stereocenters. The highest BCUT2D eigenvalue weighted by atomic mass is 16.6. The van der Waals surface area contributed by atoms with Crippen LogP contribution < -0.4 is 11.1 Å². The van der Waals surface area contributed by atoms with Crippen molar-refractivity contribution in [1.29, 1.82) is 0 Å². The van der Waals surface area contributed by atoms with E-state index in [0.717, 1.165) is 25.5 Å². The summed E-state index contributed by atoms with van der Waals surface area (Å²) in [5.74, 6) is 0.121. The van der Waals surface area contributed by atoms with Crippen molar-refractivity contribution in [3.05, 3.63) is 22.1 Å². The molecule has 0 bridgehead atoms. The molecule has 0 amide bonds. The fourth-order valence-corrected chi connectivity index (χ4v) is 0.767. The van der Waals surface area contributed by atoms with E-state index < -0.39 is 4.92 Å². The zero-order valence-corrected chi connectivity index (χ0v) is 7.25. The van der Waals surface area contributed by atoms with E-state index in [1.807, 2.05) is 0 Å². The molecule has 70 valence electrons. The van der Waals surface area contributed by atoms with Crippen LogP contribution in [0.3, 0.4) is 0 Å². The molecule has 0 radical (unpaired) electrons. The minimum Gasteiger partial charge on any atom is -0.380 e. The molecule has 0 aliphatic carbocycles. The van der Waals surface area contributed by atoms with Crippen molar-refractivity contribution in [3.63, 3.8) is 0 Å². The molecule has 0 aromatic rings. The molecule has 0 aliphatic rings. The van der Waals surface area contributed by atoms with Crippen LogP contribution >= 0.6 is 0 Å². The SMILES string of the molecule is CCCCCN/C(N)=C/[N+](=O)[O-]. The number of nitrogens with two attached hydrogens (primary N) is 1. The van der Waals surface area contributed by atoms with Crippen molar-refractivity contribution in [3.8, 4) is 0 Å². The zero-order valence-electron chi connectivity index (χ0n) is 7.25. The number of hydrogen-bond donors (Lipinski definition) is 2. The lowest BCUT2D eigenvalue weighted by Crippen LogP contribution is -2.22. The molecular weight excluding hydrogens is 158 g/mol. The molecule has 5 heteroatoms. The molecule has 0 aromatic heterocycles. The van der Waals surface area contributed by atoms with Crippen molar-refractivity contribution in [2.75, 3.05) is 6.54 Å². The molecule has 0 fully saturated rings. The number of nitro groups is 1. The summed E-state index contributed by atoms with van der Waals surface area (Å²) >= 11 is 0. The Kier molecular flexibility index (Phi) is 5.77. The normalized spacial score (nSPS) is 11.2. The fourth-order valence-electron chi connectivity index (χ4n) is 0.767. The smallest absolute Gasteiger partial charge is 0.273 e. The molecule has 0 rings (SSSR count). The summed E-state index contributed by atoms with van der Waals surface area (Å²) in [6, 6.07) is 0. The van der Waals surface area contributed by atoms with Gasteiger partial charge in [-0.05, 0) is 6.42 Å². The van der Waals surface area contributed by atoms with Crippen LogP contribution in [0, 0.1) is 10.1 Å². The summed E-state index contributed by atoms with van der Waals surface area (Å²) in [7, 11) is 0. The number of rotatable bonds is 6. The second kappa shape index (κ2) is 6.45. The Morgan fingerprint density at radius 3 is 2.83 bits per heavy atom. The van der Waals surface area contributed by atoms with Gasteiger partial charge in [0, 0.05) is 6.54 Å². The van der Waals surface area contributed by atoms with Crippen LogP contribution in [0.2, 0.25) is 0 Å². The summed E-state index contributed by atoms with van der Waals surface area (Å²) in [6.45, 7) is 2.79. The topological polar surface area (TPSA) is 81.2 Å². The molecule has 0 aliphatic heterocycles. The molecular formula is C7H15N3O2. The first-order valence-electron chi connectivity index (χ1n) is 4.01. The van der Waals surface area contributed by atoms with Crippen LogP contribution in [-0.2, 0) is 0 Å². The lowest BCUT2D eigenvalue weighted by atomic mass is 10.2. The largest absolute Gasteiger partial charge is 0.380 e. The Bertz CT molecular complexity index is 168. The van der Waals surface area contributed by atoms with E-state index >= 15 is 0 Å². The second-order valence-electron chi connectivity index (χ2n) is 2.50. The van der Waals surface area contributed by atoms with Crippen LogP contribution in [0.25, 0.3) is 0 Å². The van der Waals surface area contributed by atoms with Gasteiger partial charge in [0.25, 0.3) is 6.20 Å². The van der Waals surface area contributed by atoms with Gasteiger partial charge >= 0.3 is 0 Å². The van der Waals surface area contributed by atoms with Gasteiger partial charge in [-0.2, -0.15) is 0 Å². The number of nitrogens with one attached hydrogen (secondary N) is 1. The Balaban J connectivity index is 3.43. The molecule has 0 unspecified atom stereocenters. The Morgan fingerprint density at radius 1 is 1.67 bits per heavy atom. The maximum atomic E-state index is 9.91. The molecule has 3 N–H and O–H groups in total. The molecule has 0 saturated heterocycles. The first-order valence-corrected chi connectivity index (χ1v) is 4.01. The molecule has 0 spiro atoms. The lowest BCUT2D eigenvalue weighted by Gasteiger charge is -2.01. The van der Waals surface area contributed by atoms with Crippen molar-refractivity contribution < 1.29 is 4.92 Å². The highest BCUT2D eigenvalue weighted by molar-refractivity contribution is 4.86. The van der Waals surface area contributed by atoms with Crippen LogP contribution in [0.4, 0.5) is 0 Å². The predicted octanol–water partition coefficient (Wildman–Crippen LogP) is 0.801. The average molecular weight is 173 g/mol. The van der Waals surface area contributed by atoms with Crippen LogP contribution in [0.15, 0.2) is 12.0 Å². The minimum absolute atomic E-state index is 0.121. The van der Waals surface area contributed by atoms with Crippen LogP contribution in [0.5, 0.6) is 0 Å². The van der Waals surface area contributed by atoms with Gasteiger partial charge in [0.1, 0.15) is 0 Å². The summed E-state index contributed by atoms with van der Waals surface area (Å²) in [4.78, 5) is 9.34. The first-order chi connectivity index (χ1) is 5.66. The van der Waals surface area contributed by atoms with Crippen molar-refractivity contribution in [2.45, 2.75) is 26.2 Å². The van der Waals surface area contributed by atoms with Gasteiger partial charge < -0.3 is 11.1 Å². The van der Waals surface area contributed by atoms with E-state index in [9.17, 15) is 10.1 Å². The number of unbranched alkanes of at least 4 members (excludes halogenated alkanes) is 2. The molecule has 0 heterocycles. The maximum Gasteiger partial charge on any atom is 0.273 e. The monoisotopic (exact) mass is 173 g/mol. The molecule has 0 saturated carbocycles. The fraction of sp³-hybridized carbons (Fsp3) is 0.714. The van der Waals surface area contributed by atoms with Gasteiger partial charge in [-0.3, -0.25) is 10.1 Å². The van der Waals surface area contributed by atoms with Gasteiger partial charge in [0.15, 0.2) is 5.82 Å².